The van der Waals surface area contributed by atoms with Crippen molar-refractivity contribution in [3.63, 3.8) is 0 Å². The van der Waals surface area contributed by atoms with Crippen LogP contribution in [0, 0.1) is 0 Å². The molecular formula is C26H32N4O6S. The van der Waals surface area contributed by atoms with E-state index in [2.05, 4.69) is 5.32 Å². The van der Waals surface area contributed by atoms with Crippen LogP contribution in [-0.2, 0) is 19.5 Å². The first-order chi connectivity index (χ1) is 17.8. The largest absolute Gasteiger partial charge is 0.452 e. The quantitative estimate of drug-likeness (QED) is 0.649. The molecule has 198 valence electrons. The highest BCUT2D eigenvalue weighted by Crippen LogP contribution is 2.40. The fourth-order valence-corrected chi connectivity index (χ4v) is 6.79. The lowest BCUT2D eigenvalue weighted by molar-refractivity contribution is 0.0876. The molecular weight excluding hydrogens is 496 g/mol. The van der Waals surface area contributed by atoms with E-state index >= 15 is 0 Å². The molecule has 0 aliphatic carbocycles. The predicted octanol–water partition coefficient (Wildman–Crippen LogP) is 3.56. The van der Waals surface area contributed by atoms with Crippen LogP contribution < -0.4 is 19.4 Å². The standard InChI is InChI=1S/C26H32N4O6S/c1-18-17-28(25(31)36-22-5-3-12-27-16-22)24-15-20(8-11-23(24)30(18)26(32)35-2)19-6-9-21(10-7-19)29-13-4-14-37(29,33)34/h6-11,15,18,22,27H,3-5,12-14,16-17H2,1-2H3/t18-,22?/m0/s1. The average molecular weight is 529 g/mol. The molecule has 2 aromatic rings. The first-order valence-electron chi connectivity index (χ1n) is 12.6. The first kappa shape index (κ1) is 25.3. The molecule has 0 aromatic heterocycles. The molecule has 1 N–H and O–H groups in total. The van der Waals surface area contributed by atoms with E-state index in [1.807, 2.05) is 31.2 Å². The van der Waals surface area contributed by atoms with E-state index in [-0.39, 0.29) is 24.4 Å². The molecule has 2 fully saturated rings. The van der Waals surface area contributed by atoms with E-state index < -0.39 is 22.2 Å². The molecule has 0 saturated carbocycles. The van der Waals surface area contributed by atoms with Crippen LogP contribution in [-0.4, -0.2) is 71.8 Å². The SMILES string of the molecule is COC(=O)N1c2ccc(-c3ccc(N4CCCS4(=O)=O)cc3)cc2N(C(=O)OC2CCCNC2)C[C@@H]1C. The number of anilines is 3. The molecule has 0 radical (unpaired) electrons. The van der Waals surface area contributed by atoms with Gasteiger partial charge in [0.15, 0.2) is 0 Å². The summed E-state index contributed by atoms with van der Waals surface area (Å²) in [6.45, 7) is 4.14. The number of benzene rings is 2. The fraction of sp³-hybridized carbons (Fsp3) is 0.462. The number of methoxy groups -OCH3 is 1. The van der Waals surface area contributed by atoms with Gasteiger partial charge in [-0.05, 0) is 68.1 Å². The Kier molecular flexibility index (Phi) is 7.00. The Balaban J connectivity index is 1.47. The van der Waals surface area contributed by atoms with Crippen molar-refractivity contribution in [1.82, 2.24) is 5.32 Å². The predicted molar refractivity (Wildman–Crippen MR) is 142 cm³/mol. The first-order valence-corrected chi connectivity index (χ1v) is 14.2. The Bertz CT molecular complexity index is 1280. The highest BCUT2D eigenvalue weighted by molar-refractivity contribution is 7.93. The molecule has 0 spiro atoms. The normalized spacial score (nSPS) is 22.9. The second kappa shape index (κ2) is 10.2. The summed E-state index contributed by atoms with van der Waals surface area (Å²) >= 11 is 0. The van der Waals surface area contributed by atoms with Gasteiger partial charge in [0.25, 0.3) is 0 Å². The molecule has 3 aliphatic rings. The lowest BCUT2D eigenvalue weighted by Gasteiger charge is -2.40. The smallest absolute Gasteiger partial charge is 0.414 e. The van der Waals surface area contributed by atoms with Crippen molar-refractivity contribution in [3.8, 4) is 11.1 Å². The third-order valence-electron chi connectivity index (χ3n) is 7.11. The molecule has 10 nitrogen and oxygen atoms in total. The number of nitrogens with one attached hydrogen (secondary N) is 1. The van der Waals surface area contributed by atoms with Crippen LogP contribution >= 0.6 is 0 Å². The van der Waals surface area contributed by atoms with Crippen molar-refractivity contribution in [1.29, 1.82) is 0 Å². The Morgan fingerprint density at radius 3 is 2.41 bits per heavy atom. The lowest BCUT2D eigenvalue weighted by Crippen LogP contribution is -2.53. The van der Waals surface area contributed by atoms with E-state index in [1.54, 1.807) is 28.0 Å². The number of sulfonamides is 1. The Labute approximate surface area is 217 Å². The molecule has 11 heteroatoms. The third kappa shape index (κ3) is 4.97. The summed E-state index contributed by atoms with van der Waals surface area (Å²) in [5, 5.41) is 3.25. The van der Waals surface area contributed by atoms with Gasteiger partial charge in [-0.25, -0.2) is 18.0 Å². The van der Waals surface area contributed by atoms with E-state index in [4.69, 9.17) is 9.47 Å². The van der Waals surface area contributed by atoms with Gasteiger partial charge in [0.05, 0.1) is 42.5 Å². The van der Waals surface area contributed by atoms with E-state index in [1.165, 1.54) is 11.4 Å². The van der Waals surface area contributed by atoms with Gasteiger partial charge in [0, 0.05) is 13.1 Å². The summed E-state index contributed by atoms with van der Waals surface area (Å²) in [5.74, 6) is 0.164. The Morgan fingerprint density at radius 1 is 1.00 bits per heavy atom. The maximum absolute atomic E-state index is 13.3. The van der Waals surface area contributed by atoms with Gasteiger partial charge < -0.3 is 14.8 Å². The number of fused-ring (bicyclic) bond motifs is 1. The molecule has 2 amide bonds. The van der Waals surface area contributed by atoms with Crippen molar-refractivity contribution in [3.05, 3.63) is 42.5 Å². The van der Waals surface area contributed by atoms with Crippen molar-refractivity contribution >= 4 is 39.3 Å². The molecule has 37 heavy (non-hydrogen) atoms. The second-order valence-corrected chi connectivity index (χ2v) is 11.7. The Morgan fingerprint density at radius 2 is 1.76 bits per heavy atom. The molecule has 3 heterocycles. The third-order valence-corrected chi connectivity index (χ3v) is 8.98. The summed E-state index contributed by atoms with van der Waals surface area (Å²) in [6, 6.07) is 12.5. The maximum Gasteiger partial charge on any atom is 0.414 e. The number of carbonyl (C=O) groups is 2. The van der Waals surface area contributed by atoms with Crippen LogP contribution in [0.15, 0.2) is 42.5 Å². The minimum atomic E-state index is -3.26. The van der Waals surface area contributed by atoms with Gasteiger partial charge in [-0.2, -0.15) is 0 Å². The van der Waals surface area contributed by atoms with Crippen molar-refractivity contribution in [2.45, 2.75) is 38.3 Å². The lowest BCUT2D eigenvalue weighted by atomic mass is 10.0. The number of amides is 2. The van der Waals surface area contributed by atoms with Gasteiger partial charge in [-0.3, -0.25) is 14.1 Å². The summed E-state index contributed by atoms with van der Waals surface area (Å²) in [4.78, 5) is 29.0. The maximum atomic E-state index is 13.3. The molecule has 5 rings (SSSR count). The average Bonchev–Trinajstić information content (AvgIpc) is 3.27. The summed E-state index contributed by atoms with van der Waals surface area (Å²) in [6.07, 6.45) is 1.23. The van der Waals surface area contributed by atoms with Crippen molar-refractivity contribution in [2.75, 3.05) is 53.1 Å². The topological polar surface area (TPSA) is 108 Å². The number of piperidine rings is 1. The van der Waals surface area contributed by atoms with Crippen molar-refractivity contribution < 1.29 is 27.5 Å². The molecule has 2 atom stereocenters. The van der Waals surface area contributed by atoms with Crippen LogP contribution in [0.2, 0.25) is 0 Å². The van der Waals surface area contributed by atoms with Crippen LogP contribution in [0.5, 0.6) is 0 Å². The van der Waals surface area contributed by atoms with Crippen LogP contribution in [0.1, 0.15) is 26.2 Å². The fourth-order valence-electron chi connectivity index (χ4n) is 5.23. The van der Waals surface area contributed by atoms with Crippen LogP contribution in [0.3, 0.4) is 0 Å². The molecule has 2 aromatic carbocycles. The zero-order valence-electron chi connectivity index (χ0n) is 21.1. The van der Waals surface area contributed by atoms with E-state index in [9.17, 15) is 18.0 Å². The van der Waals surface area contributed by atoms with Crippen LogP contribution in [0.4, 0.5) is 26.7 Å². The number of nitrogens with zero attached hydrogens (tertiary/aromatic N) is 3. The molecule has 0 bridgehead atoms. The van der Waals surface area contributed by atoms with Gasteiger partial charge in [-0.15, -0.1) is 0 Å². The van der Waals surface area contributed by atoms with Gasteiger partial charge >= 0.3 is 12.2 Å². The minimum Gasteiger partial charge on any atom is -0.452 e. The molecule has 1 unspecified atom stereocenters. The number of ether oxygens (including phenoxy) is 2. The van der Waals surface area contributed by atoms with Gasteiger partial charge in [0.2, 0.25) is 10.0 Å². The zero-order chi connectivity index (χ0) is 26.2. The second-order valence-electron chi connectivity index (χ2n) is 9.64. The minimum absolute atomic E-state index is 0.164. The zero-order valence-corrected chi connectivity index (χ0v) is 21.9. The van der Waals surface area contributed by atoms with Crippen LogP contribution in [0.25, 0.3) is 11.1 Å². The van der Waals surface area contributed by atoms with Gasteiger partial charge in [-0.1, -0.05) is 18.2 Å². The summed E-state index contributed by atoms with van der Waals surface area (Å²) in [5.41, 5.74) is 3.44. The summed E-state index contributed by atoms with van der Waals surface area (Å²) in [7, 11) is -1.92. The van der Waals surface area contributed by atoms with Gasteiger partial charge in [0.1, 0.15) is 6.10 Å². The number of hydrogen-bond donors (Lipinski definition) is 1. The van der Waals surface area contributed by atoms with E-state index in [0.29, 0.717) is 36.6 Å². The highest BCUT2D eigenvalue weighted by atomic mass is 32.2. The summed E-state index contributed by atoms with van der Waals surface area (Å²) < 4.78 is 36.9. The monoisotopic (exact) mass is 528 g/mol. The van der Waals surface area contributed by atoms with Crippen molar-refractivity contribution in [2.24, 2.45) is 0 Å². The highest BCUT2D eigenvalue weighted by Gasteiger charge is 2.37. The number of carbonyl (C=O) groups excluding carboxylic acids is 2. The molecule has 2 saturated heterocycles. The number of rotatable bonds is 3. The Hall–Kier alpha value is -3.31. The molecule has 3 aliphatic heterocycles. The number of hydrogen-bond acceptors (Lipinski definition) is 7. The van der Waals surface area contributed by atoms with E-state index in [0.717, 1.165) is 30.5 Å².